The molecule has 3 nitrogen and oxygen atoms in total. The SMILES string of the molecule is N#CCC[n+]1cc(-c2ccccc2)n(Cc2ccccc2)c1.[Br-]. The highest BCUT2D eigenvalue weighted by Gasteiger charge is 2.15. The van der Waals surface area contributed by atoms with Crippen molar-refractivity contribution >= 4 is 0 Å². The molecule has 0 bridgehead atoms. The number of nitrogens with zero attached hydrogens (tertiary/aromatic N) is 3. The number of aryl methyl sites for hydroxylation is 1. The predicted molar refractivity (Wildman–Crippen MR) is 85.8 cm³/mol. The molecule has 2 aromatic carbocycles. The molecule has 0 saturated carbocycles. The summed E-state index contributed by atoms with van der Waals surface area (Å²) in [5.41, 5.74) is 3.62. The highest BCUT2D eigenvalue weighted by atomic mass is 79.9. The van der Waals surface area contributed by atoms with Crippen molar-refractivity contribution in [1.82, 2.24) is 4.57 Å². The fourth-order valence-corrected chi connectivity index (χ4v) is 2.56. The van der Waals surface area contributed by atoms with Gasteiger partial charge in [0.15, 0.2) is 5.69 Å². The lowest BCUT2D eigenvalue weighted by atomic mass is 10.1. The molecule has 0 radical (unpaired) electrons. The average Bonchev–Trinajstić information content (AvgIpc) is 2.97. The van der Waals surface area contributed by atoms with Crippen LogP contribution < -0.4 is 21.5 Å². The van der Waals surface area contributed by atoms with E-state index in [-0.39, 0.29) is 17.0 Å². The molecule has 0 unspecified atom stereocenters. The molecule has 0 N–H and O–H groups in total. The monoisotopic (exact) mass is 367 g/mol. The summed E-state index contributed by atoms with van der Waals surface area (Å²) >= 11 is 0. The minimum absolute atomic E-state index is 0. The lowest BCUT2D eigenvalue weighted by Crippen LogP contribution is -3.00. The van der Waals surface area contributed by atoms with Crippen molar-refractivity contribution < 1.29 is 21.5 Å². The van der Waals surface area contributed by atoms with E-state index in [1.54, 1.807) is 0 Å². The lowest BCUT2D eigenvalue weighted by molar-refractivity contribution is -0.695. The fourth-order valence-electron chi connectivity index (χ4n) is 2.56. The van der Waals surface area contributed by atoms with E-state index in [2.05, 4.69) is 76.3 Å². The van der Waals surface area contributed by atoms with Crippen molar-refractivity contribution in [3.8, 4) is 17.3 Å². The van der Waals surface area contributed by atoms with Gasteiger partial charge in [0.05, 0.1) is 12.5 Å². The number of halogens is 1. The van der Waals surface area contributed by atoms with Gasteiger partial charge >= 0.3 is 0 Å². The molecule has 0 atom stereocenters. The van der Waals surface area contributed by atoms with Crippen molar-refractivity contribution in [2.75, 3.05) is 0 Å². The molecule has 4 heteroatoms. The normalized spacial score (nSPS) is 9.87. The van der Waals surface area contributed by atoms with Crippen LogP contribution in [0.5, 0.6) is 0 Å². The quantitative estimate of drug-likeness (QED) is 0.601. The van der Waals surface area contributed by atoms with Gasteiger partial charge in [-0.3, -0.25) is 0 Å². The highest BCUT2D eigenvalue weighted by Crippen LogP contribution is 2.19. The minimum atomic E-state index is 0. The highest BCUT2D eigenvalue weighted by molar-refractivity contribution is 5.57. The van der Waals surface area contributed by atoms with Crippen molar-refractivity contribution in [1.29, 1.82) is 5.26 Å². The summed E-state index contributed by atoms with van der Waals surface area (Å²) in [6, 6.07) is 23.0. The molecular formula is C19H18BrN3. The summed E-state index contributed by atoms with van der Waals surface area (Å²) in [6.07, 6.45) is 4.73. The topological polar surface area (TPSA) is 32.6 Å². The van der Waals surface area contributed by atoms with Crippen LogP contribution in [-0.4, -0.2) is 4.57 Å². The molecule has 1 heterocycles. The van der Waals surface area contributed by atoms with Gasteiger partial charge in [-0.25, -0.2) is 9.13 Å². The van der Waals surface area contributed by atoms with Crippen LogP contribution in [0.1, 0.15) is 12.0 Å². The number of hydrogen-bond donors (Lipinski definition) is 0. The first kappa shape index (κ1) is 17.0. The third-order valence-electron chi connectivity index (χ3n) is 3.63. The van der Waals surface area contributed by atoms with Crippen LogP contribution in [-0.2, 0) is 13.1 Å². The van der Waals surface area contributed by atoms with Crippen molar-refractivity contribution in [2.45, 2.75) is 19.5 Å². The maximum absolute atomic E-state index is 8.79. The summed E-state index contributed by atoms with van der Waals surface area (Å²) < 4.78 is 4.33. The van der Waals surface area contributed by atoms with Gasteiger partial charge in [0.1, 0.15) is 19.3 Å². The van der Waals surface area contributed by atoms with E-state index in [1.807, 2.05) is 12.1 Å². The third-order valence-corrected chi connectivity index (χ3v) is 3.63. The Morgan fingerprint density at radius 1 is 0.957 bits per heavy atom. The second-order valence-corrected chi connectivity index (χ2v) is 5.26. The second-order valence-electron chi connectivity index (χ2n) is 5.26. The standard InChI is InChI=1S/C19H18N3.BrH/c20-12-7-13-21-15-19(18-10-5-2-6-11-18)22(16-21)14-17-8-3-1-4-9-17;/h1-6,8-11,15-16H,7,13-14H2;1H/q+1;/p-1. The zero-order valence-electron chi connectivity index (χ0n) is 12.8. The Hall–Kier alpha value is -2.38. The summed E-state index contributed by atoms with van der Waals surface area (Å²) in [5, 5.41) is 8.79. The fraction of sp³-hybridized carbons (Fsp3) is 0.158. The summed E-state index contributed by atoms with van der Waals surface area (Å²) in [7, 11) is 0. The maximum Gasteiger partial charge on any atom is 0.244 e. The van der Waals surface area contributed by atoms with E-state index in [0.29, 0.717) is 6.42 Å². The van der Waals surface area contributed by atoms with Crippen molar-refractivity contribution in [2.24, 2.45) is 0 Å². The molecule has 3 aromatic rings. The van der Waals surface area contributed by atoms with E-state index in [9.17, 15) is 0 Å². The molecular weight excluding hydrogens is 350 g/mol. The van der Waals surface area contributed by atoms with Gasteiger partial charge in [-0.1, -0.05) is 60.7 Å². The van der Waals surface area contributed by atoms with Crippen LogP contribution in [0.4, 0.5) is 0 Å². The lowest BCUT2D eigenvalue weighted by Gasteiger charge is -2.02. The van der Waals surface area contributed by atoms with Gasteiger partial charge < -0.3 is 17.0 Å². The molecule has 0 amide bonds. The van der Waals surface area contributed by atoms with Gasteiger partial charge in [0.25, 0.3) is 0 Å². The van der Waals surface area contributed by atoms with Crippen LogP contribution in [0.3, 0.4) is 0 Å². The number of aromatic nitrogens is 2. The molecule has 3 rings (SSSR count). The van der Waals surface area contributed by atoms with Gasteiger partial charge in [-0.15, -0.1) is 0 Å². The van der Waals surface area contributed by atoms with Crippen LogP contribution in [0.25, 0.3) is 11.3 Å². The number of imidazole rings is 1. The Labute approximate surface area is 147 Å². The zero-order chi connectivity index (χ0) is 15.2. The number of hydrogen-bond acceptors (Lipinski definition) is 1. The number of rotatable bonds is 5. The van der Waals surface area contributed by atoms with Crippen LogP contribution >= 0.6 is 0 Å². The van der Waals surface area contributed by atoms with E-state index < -0.39 is 0 Å². The Kier molecular flexibility index (Phi) is 6.13. The Bertz CT molecular complexity index is 773. The third kappa shape index (κ3) is 4.30. The Morgan fingerprint density at radius 3 is 2.26 bits per heavy atom. The molecule has 0 aliphatic rings. The minimum Gasteiger partial charge on any atom is -1.00 e. The van der Waals surface area contributed by atoms with E-state index in [1.165, 1.54) is 16.8 Å². The first-order chi connectivity index (χ1) is 10.9. The van der Waals surface area contributed by atoms with E-state index in [0.717, 1.165) is 13.1 Å². The molecule has 0 saturated heterocycles. The summed E-state index contributed by atoms with van der Waals surface area (Å²) in [6.45, 7) is 1.54. The molecule has 1 aromatic heterocycles. The summed E-state index contributed by atoms with van der Waals surface area (Å²) in [5.74, 6) is 0. The summed E-state index contributed by atoms with van der Waals surface area (Å²) in [4.78, 5) is 0. The van der Waals surface area contributed by atoms with Gasteiger partial charge in [-0.2, -0.15) is 5.26 Å². The van der Waals surface area contributed by atoms with E-state index >= 15 is 0 Å². The Balaban J connectivity index is 0.00000192. The van der Waals surface area contributed by atoms with Crippen molar-refractivity contribution in [3.63, 3.8) is 0 Å². The first-order valence-corrected chi connectivity index (χ1v) is 7.42. The average molecular weight is 368 g/mol. The smallest absolute Gasteiger partial charge is 0.244 e. The molecule has 23 heavy (non-hydrogen) atoms. The van der Waals surface area contributed by atoms with E-state index in [4.69, 9.17) is 5.26 Å². The van der Waals surface area contributed by atoms with Gasteiger partial charge in [0, 0.05) is 5.56 Å². The molecule has 0 fully saturated rings. The maximum atomic E-state index is 8.79. The Morgan fingerprint density at radius 2 is 1.61 bits per heavy atom. The zero-order valence-corrected chi connectivity index (χ0v) is 14.4. The molecule has 0 aliphatic heterocycles. The van der Waals surface area contributed by atoms with Crippen LogP contribution in [0.15, 0.2) is 73.2 Å². The largest absolute Gasteiger partial charge is 1.00 e. The number of nitriles is 1. The second kappa shape index (κ2) is 8.30. The van der Waals surface area contributed by atoms with Gasteiger partial charge in [0.2, 0.25) is 6.33 Å². The molecule has 0 aliphatic carbocycles. The number of benzene rings is 2. The van der Waals surface area contributed by atoms with Crippen molar-refractivity contribution in [3.05, 3.63) is 78.8 Å². The van der Waals surface area contributed by atoms with Crippen LogP contribution in [0.2, 0.25) is 0 Å². The van der Waals surface area contributed by atoms with Crippen LogP contribution in [0, 0.1) is 11.3 Å². The van der Waals surface area contributed by atoms with Gasteiger partial charge in [-0.05, 0) is 5.56 Å². The molecule has 116 valence electrons. The first-order valence-electron chi connectivity index (χ1n) is 7.42. The molecule has 0 spiro atoms. The predicted octanol–water partition coefficient (Wildman–Crippen LogP) is 0.409.